The molecule has 1 N–H and O–H groups in total. The standard InChI is InChI=1S/C16H14N2O2/c19-20-16(12-6-2-1-3-7-12)14-9-5-4-8-13(14)15-17-10-11-18(15)16/h1-9,19H,10-11H2. The number of benzene rings is 2. The van der Waals surface area contributed by atoms with Crippen molar-refractivity contribution < 1.29 is 10.1 Å². The third kappa shape index (κ3) is 1.30. The molecule has 20 heavy (non-hydrogen) atoms. The quantitative estimate of drug-likeness (QED) is 0.671. The van der Waals surface area contributed by atoms with Gasteiger partial charge in [0.1, 0.15) is 5.84 Å². The second-order valence-electron chi connectivity index (χ2n) is 5.00. The molecule has 0 saturated carbocycles. The number of fused-ring (bicyclic) bond motifs is 3. The third-order valence-corrected chi connectivity index (χ3v) is 4.05. The fourth-order valence-corrected chi connectivity index (χ4v) is 3.23. The van der Waals surface area contributed by atoms with Gasteiger partial charge in [0, 0.05) is 23.2 Å². The van der Waals surface area contributed by atoms with Crippen LogP contribution < -0.4 is 0 Å². The molecular formula is C16H14N2O2. The Morgan fingerprint density at radius 1 is 1.05 bits per heavy atom. The highest BCUT2D eigenvalue weighted by Gasteiger charge is 2.52. The maximum Gasteiger partial charge on any atom is 0.228 e. The molecule has 1 atom stereocenters. The third-order valence-electron chi connectivity index (χ3n) is 4.05. The van der Waals surface area contributed by atoms with Crippen LogP contribution in [0.25, 0.3) is 0 Å². The predicted molar refractivity (Wildman–Crippen MR) is 75.5 cm³/mol. The molecule has 0 spiro atoms. The molecule has 100 valence electrons. The molecule has 2 aliphatic rings. The summed E-state index contributed by atoms with van der Waals surface area (Å²) < 4.78 is 0. The summed E-state index contributed by atoms with van der Waals surface area (Å²) in [5.74, 6) is 0.901. The van der Waals surface area contributed by atoms with Gasteiger partial charge in [-0.1, -0.05) is 54.6 Å². The molecule has 0 radical (unpaired) electrons. The lowest BCUT2D eigenvalue weighted by Gasteiger charge is -2.35. The van der Waals surface area contributed by atoms with E-state index in [-0.39, 0.29) is 0 Å². The summed E-state index contributed by atoms with van der Waals surface area (Å²) in [6.07, 6.45) is 0. The fraction of sp³-hybridized carbons (Fsp3) is 0.188. The second-order valence-corrected chi connectivity index (χ2v) is 5.00. The van der Waals surface area contributed by atoms with Crippen LogP contribution in [0.4, 0.5) is 0 Å². The average Bonchev–Trinajstić information content (AvgIpc) is 3.08. The smallest absolute Gasteiger partial charge is 0.228 e. The van der Waals surface area contributed by atoms with Crippen molar-refractivity contribution >= 4 is 5.84 Å². The summed E-state index contributed by atoms with van der Waals surface area (Å²) in [7, 11) is 0. The number of rotatable bonds is 2. The maximum atomic E-state index is 9.77. The van der Waals surface area contributed by atoms with E-state index in [2.05, 4.69) is 4.99 Å². The van der Waals surface area contributed by atoms with Gasteiger partial charge < -0.3 is 4.90 Å². The van der Waals surface area contributed by atoms with Crippen LogP contribution in [0, 0.1) is 0 Å². The molecule has 4 rings (SSSR count). The monoisotopic (exact) mass is 266 g/mol. The molecule has 2 aromatic rings. The van der Waals surface area contributed by atoms with Crippen molar-refractivity contribution in [3.05, 3.63) is 71.3 Å². The summed E-state index contributed by atoms with van der Waals surface area (Å²) in [5, 5.41) is 9.77. The first-order chi connectivity index (χ1) is 9.88. The Morgan fingerprint density at radius 2 is 1.80 bits per heavy atom. The normalized spacial score (nSPS) is 23.4. The van der Waals surface area contributed by atoms with Gasteiger partial charge in [0.05, 0.1) is 6.54 Å². The van der Waals surface area contributed by atoms with Crippen molar-refractivity contribution in [2.45, 2.75) is 5.72 Å². The molecule has 0 amide bonds. The lowest BCUT2D eigenvalue weighted by atomic mass is 9.93. The molecule has 0 fully saturated rings. The molecule has 0 aromatic heterocycles. The van der Waals surface area contributed by atoms with Crippen molar-refractivity contribution in [3.63, 3.8) is 0 Å². The van der Waals surface area contributed by atoms with Gasteiger partial charge in [-0.15, -0.1) is 0 Å². The minimum absolute atomic E-state index is 0.724. The molecule has 2 heterocycles. The van der Waals surface area contributed by atoms with Gasteiger partial charge in [0.2, 0.25) is 5.72 Å². The fourth-order valence-electron chi connectivity index (χ4n) is 3.23. The zero-order chi connectivity index (χ0) is 13.6. The number of aliphatic imine (C=N–C) groups is 1. The molecule has 2 aliphatic heterocycles. The van der Waals surface area contributed by atoms with E-state index in [1.807, 2.05) is 59.5 Å². The second kappa shape index (κ2) is 4.16. The first-order valence-corrected chi connectivity index (χ1v) is 6.68. The van der Waals surface area contributed by atoms with Gasteiger partial charge in [-0.25, -0.2) is 10.1 Å². The summed E-state index contributed by atoms with van der Waals surface area (Å²) in [4.78, 5) is 11.7. The van der Waals surface area contributed by atoms with E-state index in [4.69, 9.17) is 4.89 Å². The van der Waals surface area contributed by atoms with Crippen LogP contribution >= 0.6 is 0 Å². The van der Waals surface area contributed by atoms with Crippen molar-refractivity contribution in [2.75, 3.05) is 13.1 Å². The minimum Gasteiger partial charge on any atom is -0.316 e. The van der Waals surface area contributed by atoms with Gasteiger partial charge >= 0.3 is 0 Å². The van der Waals surface area contributed by atoms with Crippen LogP contribution in [0.15, 0.2) is 59.6 Å². The molecule has 1 unspecified atom stereocenters. The first kappa shape index (κ1) is 11.6. The highest BCUT2D eigenvalue weighted by Crippen LogP contribution is 2.45. The molecule has 0 aliphatic carbocycles. The Hall–Kier alpha value is -2.17. The van der Waals surface area contributed by atoms with E-state index >= 15 is 0 Å². The summed E-state index contributed by atoms with van der Waals surface area (Å²) in [6, 6.07) is 17.7. The van der Waals surface area contributed by atoms with Crippen LogP contribution in [-0.4, -0.2) is 29.1 Å². The highest BCUT2D eigenvalue weighted by atomic mass is 17.1. The minimum atomic E-state index is -0.979. The van der Waals surface area contributed by atoms with Crippen molar-refractivity contribution in [1.29, 1.82) is 0 Å². The van der Waals surface area contributed by atoms with Gasteiger partial charge in [-0.3, -0.25) is 4.99 Å². The Bertz CT molecular complexity index is 684. The SMILES string of the molecule is OOC1(c2ccccc2)c2ccccc2C2=NCCN21. The van der Waals surface area contributed by atoms with Crippen molar-refractivity contribution in [1.82, 2.24) is 4.90 Å². The molecule has 2 aromatic carbocycles. The highest BCUT2D eigenvalue weighted by molar-refractivity contribution is 6.05. The number of hydrogen-bond acceptors (Lipinski definition) is 4. The number of amidine groups is 1. The Morgan fingerprint density at radius 3 is 2.60 bits per heavy atom. The topological polar surface area (TPSA) is 45.1 Å². The molecule has 0 bridgehead atoms. The zero-order valence-electron chi connectivity index (χ0n) is 10.9. The van der Waals surface area contributed by atoms with E-state index in [9.17, 15) is 5.26 Å². The van der Waals surface area contributed by atoms with Crippen LogP contribution in [0.1, 0.15) is 16.7 Å². The van der Waals surface area contributed by atoms with E-state index in [1.165, 1.54) is 0 Å². The summed E-state index contributed by atoms with van der Waals surface area (Å²) in [5.41, 5.74) is 1.89. The van der Waals surface area contributed by atoms with E-state index in [0.717, 1.165) is 35.6 Å². The van der Waals surface area contributed by atoms with Crippen molar-refractivity contribution in [2.24, 2.45) is 4.99 Å². The Balaban J connectivity index is 2.03. The van der Waals surface area contributed by atoms with Crippen LogP contribution in [0.5, 0.6) is 0 Å². The summed E-state index contributed by atoms with van der Waals surface area (Å²) in [6.45, 7) is 1.46. The van der Waals surface area contributed by atoms with E-state index in [1.54, 1.807) is 0 Å². The van der Waals surface area contributed by atoms with Gasteiger partial charge in [-0.05, 0) is 0 Å². The lowest BCUT2D eigenvalue weighted by molar-refractivity contribution is -0.344. The van der Waals surface area contributed by atoms with Crippen LogP contribution in [0.2, 0.25) is 0 Å². The zero-order valence-corrected chi connectivity index (χ0v) is 10.9. The molecule has 4 nitrogen and oxygen atoms in total. The van der Waals surface area contributed by atoms with E-state index < -0.39 is 5.72 Å². The van der Waals surface area contributed by atoms with Crippen LogP contribution in [0.3, 0.4) is 0 Å². The molecule has 0 saturated heterocycles. The molecular weight excluding hydrogens is 252 g/mol. The maximum absolute atomic E-state index is 9.77. The van der Waals surface area contributed by atoms with Gasteiger partial charge in [-0.2, -0.15) is 0 Å². The van der Waals surface area contributed by atoms with E-state index in [0.29, 0.717) is 0 Å². The predicted octanol–water partition coefficient (Wildman–Crippen LogP) is 2.45. The first-order valence-electron chi connectivity index (χ1n) is 6.68. The summed E-state index contributed by atoms with van der Waals surface area (Å²) >= 11 is 0. The molecule has 4 heteroatoms. The van der Waals surface area contributed by atoms with Crippen LogP contribution in [-0.2, 0) is 10.6 Å². The lowest BCUT2D eigenvalue weighted by Crippen LogP contribution is -2.45. The largest absolute Gasteiger partial charge is 0.316 e. The van der Waals surface area contributed by atoms with Gasteiger partial charge in [0.15, 0.2) is 0 Å². The number of nitrogens with zero attached hydrogens (tertiary/aromatic N) is 2. The van der Waals surface area contributed by atoms with Gasteiger partial charge in [0.25, 0.3) is 0 Å². The van der Waals surface area contributed by atoms with Crippen molar-refractivity contribution in [3.8, 4) is 0 Å². The average molecular weight is 266 g/mol. The number of hydrogen-bond donors (Lipinski definition) is 1. The Kier molecular flexibility index (Phi) is 2.42. The Labute approximate surface area is 116 Å².